The molecule has 0 bridgehead atoms. The number of nitrogens with two attached hydrogens (primary N) is 4. The molecule has 0 aliphatic rings. The monoisotopic (exact) mass is 1210 g/mol. The molecule has 30 nitrogen and oxygen atoms in total. The normalized spacial score (nSPS) is 14.1. The van der Waals surface area contributed by atoms with Gasteiger partial charge in [-0.1, -0.05) is 42.5 Å². The SMILES string of the molecule is NCCCC[C@H](NC(=O)[C@H](CS)NC(=O)[C@H](CS)NC(=O)[C@H](CCC(=O)O)NC(=O)[C@H](Cc1ccc(O)cc1)NC(=O)[C@H](Cc1ccccc1)NC(=O)[C@H](CCCN=C(N)N)NC(=O)[C@@H](N)CCC(=O)O)C(=O)N[C@@H](CCC(=O)O)C(=O)O. The zero-order valence-electron chi connectivity index (χ0n) is 45.2. The maximum atomic E-state index is 14.5. The molecule has 0 saturated heterocycles. The van der Waals surface area contributed by atoms with Crippen LogP contribution in [0.2, 0.25) is 0 Å². The number of hydrogen-bond donors (Lipinski definition) is 19. The first-order chi connectivity index (χ1) is 39.3. The number of carbonyl (C=O) groups is 12. The fourth-order valence-corrected chi connectivity index (χ4v) is 8.23. The van der Waals surface area contributed by atoms with E-state index in [-0.39, 0.29) is 69.7 Å². The molecule has 21 N–H and O–H groups in total. The van der Waals surface area contributed by atoms with Crippen LogP contribution in [0.4, 0.5) is 0 Å². The molecule has 2 rings (SSSR count). The Kier molecular flexibility index (Phi) is 32.2. The molecular formula is C51H75N13O17S2. The molecule has 0 unspecified atom stereocenters. The van der Waals surface area contributed by atoms with Crippen LogP contribution < -0.4 is 65.5 Å². The number of unbranched alkanes of at least 4 members (excludes halogenated alkanes) is 1. The van der Waals surface area contributed by atoms with Crippen LogP contribution in [-0.4, -0.2) is 182 Å². The standard InChI is InChI=1S/C51H75N13O17S2/c52-21-5-4-9-31(43(73)60-34(50(80)81)17-20-41(70)71)58-48(78)37(25-82)64-49(79)38(26-83)63-45(75)33(16-19-40(68)69)59-46(76)36(24-28-11-13-29(65)14-12-28)62-47(77)35(23-27-7-2-1-3-8-27)61-44(74)32(10-6-22-56-51(54)55)57-42(72)30(53)15-18-39(66)67/h1-3,7-8,11-14,30-38,65,82-83H,4-6,9-10,15-26,52-53H2,(H,57,72)(H,58,78)(H,59,76)(H,60,73)(H,61,74)(H,62,77)(H,63,75)(H,64,79)(H,66,67)(H,68,69)(H,70,71)(H,80,81)(H4,54,55,56)/t30-,31-,32-,33-,34-,35-,36-,37-,38-/m0/s1. The summed E-state index contributed by atoms with van der Waals surface area (Å²) in [7, 11) is 0. The molecule has 83 heavy (non-hydrogen) atoms. The van der Waals surface area contributed by atoms with Crippen molar-refractivity contribution in [1.82, 2.24) is 42.5 Å². The number of aromatic hydroxyl groups is 1. The number of phenols is 1. The second kappa shape index (κ2) is 37.7. The van der Waals surface area contributed by atoms with Gasteiger partial charge in [0, 0.05) is 50.2 Å². The second-order valence-electron chi connectivity index (χ2n) is 18.9. The molecule has 2 aromatic carbocycles. The van der Waals surface area contributed by atoms with Gasteiger partial charge in [0.05, 0.1) is 6.04 Å². The van der Waals surface area contributed by atoms with Gasteiger partial charge in [-0.3, -0.25) is 57.7 Å². The molecule has 0 aliphatic heterocycles. The minimum Gasteiger partial charge on any atom is -0.508 e. The van der Waals surface area contributed by atoms with Gasteiger partial charge in [0.1, 0.15) is 54.1 Å². The number of thiol groups is 2. The molecule has 32 heteroatoms. The van der Waals surface area contributed by atoms with Crippen molar-refractivity contribution in [3.63, 3.8) is 0 Å². The van der Waals surface area contributed by atoms with Gasteiger partial charge in [-0.05, 0) is 81.2 Å². The van der Waals surface area contributed by atoms with Crippen LogP contribution >= 0.6 is 25.3 Å². The van der Waals surface area contributed by atoms with Gasteiger partial charge < -0.3 is 91.0 Å². The Morgan fingerprint density at radius 1 is 0.446 bits per heavy atom. The Balaban J connectivity index is 2.49. The fraction of sp³-hybridized carbons (Fsp3) is 0.510. The Morgan fingerprint density at radius 3 is 1.24 bits per heavy atom. The number of carboxylic acid groups (broad SMARTS) is 4. The number of guanidine groups is 1. The molecule has 0 saturated carbocycles. The number of phenolic OH excluding ortho intramolecular Hbond substituents is 1. The molecule has 8 amide bonds. The second-order valence-corrected chi connectivity index (χ2v) is 19.6. The topological polar surface area (TPSA) is 519 Å². The van der Waals surface area contributed by atoms with E-state index in [2.05, 4.69) is 72.8 Å². The number of hydrogen-bond acceptors (Lipinski definition) is 18. The zero-order chi connectivity index (χ0) is 62.2. The molecule has 0 aromatic heterocycles. The largest absolute Gasteiger partial charge is 0.508 e. The summed E-state index contributed by atoms with van der Waals surface area (Å²) in [5, 5.41) is 66.9. The highest BCUT2D eigenvalue weighted by molar-refractivity contribution is 7.80. The molecular weight excluding hydrogens is 1130 g/mol. The highest BCUT2D eigenvalue weighted by atomic mass is 32.1. The summed E-state index contributed by atoms with van der Waals surface area (Å²) < 4.78 is 0. The van der Waals surface area contributed by atoms with Crippen molar-refractivity contribution >= 4 is 102 Å². The molecule has 0 heterocycles. The zero-order valence-corrected chi connectivity index (χ0v) is 47.0. The van der Waals surface area contributed by atoms with E-state index >= 15 is 0 Å². The van der Waals surface area contributed by atoms with Crippen LogP contribution in [-0.2, 0) is 70.4 Å². The predicted molar refractivity (Wildman–Crippen MR) is 304 cm³/mol. The maximum Gasteiger partial charge on any atom is 0.326 e. The Labute approximate surface area is 488 Å². The molecule has 2 aromatic rings. The lowest BCUT2D eigenvalue weighted by Gasteiger charge is -2.28. The van der Waals surface area contributed by atoms with Gasteiger partial charge in [-0.2, -0.15) is 25.3 Å². The first-order valence-corrected chi connectivity index (χ1v) is 27.4. The summed E-state index contributed by atoms with van der Waals surface area (Å²) in [4.78, 5) is 161. The number of benzene rings is 2. The number of aliphatic carboxylic acids is 4. The van der Waals surface area contributed by atoms with Gasteiger partial charge in [0.25, 0.3) is 0 Å². The quantitative estimate of drug-likeness (QED) is 0.0131. The van der Waals surface area contributed by atoms with Crippen LogP contribution in [0.1, 0.15) is 81.8 Å². The molecule has 0 spiro atoms. The van der Waals surface area contributed by atoms with Crippen molar-refractivity contribution in [3.8, 4) is 5.75 Å². The maximum absolute atomic E-state index is 14.5. The summed E-state index contributed by atoms with van der Waals surface area (Å²) in [5.41, 5.74) is 23.3. The highest BCUT2D eigenvalue weighted by Crippen LogP contribution is 2.14. The first kappa shape index (κ1) is 70.9. The fourth-order valence-electron chi connectivity index (χ4n) is 7.72. The molecule has 458 valence electrons. The summed E-state index contributed by atoms with van der Waals surface area (Å²) in [5.74, 6) is -14.7. The number of amides is 8. The van der Waals surface area contributed by atoms with E-state index < -0.39 is 169 Å². The number of aliphatic imine (C=N–C) groups is 1. The van der Waals surface area contributed by atoms with Gasteiger partial charge in [-0.15, -0.1) is 0 Å². The van der Waals surface area contributed by atoms with E-state index in [4.69, 9.17) is 33.1 Å². The summed E-state index contributed by atoms with van der Waals surface area (Å²) >= 11 is 8.33. The lowest BCUT2D eigenvalue weighted by molar-refractivity contribution is -0.143. The molecule has 9 atom stereocenters. The van der Waals surface area contributed by atoms with Crippen molar-refractivity contribution in [2.75, 3.05) is 24.6 Å². The average Bonchev–Trinajstić information content (AvgIpc) is 3.58. The van der Waals surface area contributed by atoms with Crippen molar-refractivity contribution in [3.05, 3.63) is 65.7 Å². The van der Waals surface area contributed by atoms with Gasteiger partial charge in [0.2, 0.25) is 47.3 Å². The third kappa shape index (κ3) is 27.9. The van der Waals surface area contributed by atoms with Gasteiger partial charge in [0.15, 0.2) is 5.96 Å². The van der Waals surface area contributed by atoms with Crippen LogP contribution in [0.15, 0.2) is 59.6 Å². The van der Waals surface area contributed by atoms with E-state index in [1.54, 1.807) is 30.3 Å². The van der Waals surface area contributed by atoms with E-state index in [0.29, 0.717) is 17.5 Å². The minimum atomic E-state index is -1.75. The minimum absolute atomic E-state index is 0.0133. The summed E-state index contributed by atoms with van der Waals surface area (Å²) in [6.45, 7) is 0.216. The summed E-state index contributed by atoms with van der Waals surface area (Å²) in [6.07, 6.45) is -3.07. The van der Waals surface area contributed by atoms with E-state index in [1.807, 2.05) is 0 Å². The molecule has 0 radical (unpaired) electrons. The van der Waals surface area contributed by atoms with Gasteiger partial charge in [-0.25, -0.2) is 4.79 Å². The van der Waals surface area contributed by atoms with E-state index in [1.165, 1.54) is 24.3 Å². The predicted octanol–water partition coefficient (Wildman–Crippen LogP) is -3.90. The Hall–Kier alpha value is -8.23. The lowest BCUT2D eigenvalue weighted by atomic mass is 10.0. The Bertz CT molecular complexity index is 2560. The first-order valence-electron chi connectivity index (χ1n) is 26.1. The van der Waals surface area contributed by atoms with Crippen LogP contribution in [0, 0.1) is 0 Å². The van der Waals surface area contributed by atoms with Crippen LogP contribution in [0.25, 0.3) is 0 Å². The van der Waals surface area contributed by atoms with Crippen molar-refractivity contribution in [2.45, 2.75) is 138 Å². The lowest BCUT2D eigenvalue weighted by Crippen LogP contribution is -2.61. The molecule has 0 aliphatic carbocycles. The Morgan fingerprint density at radius 2 is 0.807 bits per heavy atom. The third-order valence-electron chi connectivity index (χ3n) is 12.3. The van der Waals surface area contributed by atoms with Crippen molar-refractivity contribution in [2.24, 2.45) is 27.9 Å². The molecule has 0 fully saturated rings. The number of carbonyl (C=O) groups excluding carboxylic acids is 8. The third-order valence-corrected chi connectivity index (χ3v) is 13.0. The van der Waals surface area contributed by atoms with Crippen molar-refractivity contribution < 1.29 is 83.1 Å². The van der Waals surface area contributed by atoms with Crippen LogP contribution in [0.3, 0.4) is 0 Å². The summed E-state index contributed by atoms with van der Waals surface area (Å²) in [6, 6.07) is -0.115. The average molecular weight is 1210 g/mol. The smallest absolute Gasteiger partial charge is 0.326 e. The number of nitrogens with zero attached hydrogens (tertiary/aromatic N) is 1. The highest BCUT2D eigenvalue weighted by Gasteiger charge is 2.35. The van der Waals surface area contributed by atoms with Crippen molar-refractivity contribution in [1.29, 1.82) is 0 Å². The number of rotatable bonds is 40. The van der Waals surface area contributed by atoms with E-state index in [9.17, 15) is 72.9 Å². The van der Waals surface area contributed by atoms with Gasteiger partial charge >= 0.3 is 23.9 Å². The number of nitrogens with one attached hydrogen (secondary N) is 8. The van der Waals surface area contributed by atoms with E-state index in [0.717, 1.165) is 0 Å². The van der Waals surface area contributed by atoms with Crippen LogP contribution in [0.5, 0.6) is 5.75 Å². The number of carboxylic acids is 4.